The first-order valence-corrected chi connectivity index (χ1v) is 15.8. The molecule has 5 heteroatoms. The topological polar surface area (TPSA) is 52.7 Å². The molecule has 0 aliphatic heterocycles. The van der Waals surface area contributed by atoms with Gasteiger partial charge in [-0.15, -0.1) is 0 Å². The van der Waals surface area contributed by atoms with Crippen molar-refractivity contribution in [2.75, 3.05) is 18.0 Å². The molecule has 0 heterocycles. The van der Waals surface area contributed by atoms with E-state index in [1.54, 1.807) is 0 Å². The molecule has 3 aromatic carbocycles. The highest BCUT2D eigenvalue weighted by Crippen LogP contribution is 2.31. The van der Waals surface area contributed by atoms with Crippen molar-refractivity contribution in [3.05, 3.63) is 77.9 Å². The highest BCUT2D eigenvalue weighted by molar-refractivity contribution is 5.58. The Balaban J connectivity index is 1.76. The third-order valence-electron chi connectivity index (χ3n) is 8.07. The summed E-state index contributed by atoms with van der Waals surface area (Å²) < 4.78 is 0. The molecule has 3 rings (SSSR count). The molecule has 2 unspecified atom stereocenters. The van der Waals surface area contributed by atoms with Crippen LogP contribution in [0.1, 0.15) is 90.2 Å². The molecule has 41 heavy (non-hydrogen) atoms. The molecular weight excluding hydrogens is 502 g/mol. The van der Waals surface area contributed by atoms with Gasteiger partial charge in [0, 0.05) is 18.8 Å². The lowest BCUT2D eigenvalue weighted by atomic mass is 9.95. The summed E-state index contributed by atoms with van der Waals surface area (Å²) in [6.45, 7) is 15.7. The molecule has 0 N–H and O–H groups in total. The van der Waals surface area contributed by atoms with Crippen LogP contribution in [0.3, 0.4) is 0 Å². The van der Waals surface area contributed by atoms with E-state index in [0.717, 1.165) is 58.8 Å². The van der Waals surface area contributed by atoms with E-state index in [-0.39, 0.29) is 0 Å². The number of aryl methyl sites for hydroxylation is 2. The van der Waals surface area contributed by atoms with Gasteiger partial charge in [0.25, 0.3) is 0 Å². The van der Waals surface area contributed by atoms with Crippen molar-refractivity contribution in [1.82, 2.24) is 0 Å². The number of unbranched alkanes of at least 4 members (excludes halogenated alkanes) is 2. The lowest BCUT2D eigenvalue weighted by Gasteiger charge is -2.33. The minimum atomic E-state index is 0.733. The second-order valence-electron chi connectivity index (χ2n) is 11.4. The molecule has 0 amide bonds. The number of benzene rings is 3. The van der Waals surface area contributed by atoms with Crippen molar-refractivity contribution in [2.45, 2.75) is 92.9 Å². The van der Waals surface area contributed by atoms with Gasteiger partial charge in [0.15, 0.2) is 0 Å². The van der Waals surface area contributed by atoms with Gasteiger partial charge < -0.3 is 4.90 Å². The third-order valence-corrected chi connectivity index (χ3v) is 8.07. The minimum absolute atomic E-state index is 0.733. The van der Waals surface area contributed by atoms with Crippen LogP contribution in [-0.2, 0) is 0 Å². The summed E-state index contributed by atoms with van der Waals surface area (Å²) in [5, 5.41) is 17.9. The molecule has 0 bridgehead atoms. The average molecular weight is 554 g/mol. The van der Waals surface area contributed by atoms with E-state index in [9.17, 15) is 0 Å². The van der Waals surface area contributed by atoms with Crippen molar-refractivity contribution in [3.8, 4) is 0 Å². The van der Waals surface area contributed by atoms with Crippen molar-refractivity contribution in [2.24, 2.45) is 32.3 Å². The molecule has 0 spiro atoms. The molecule has 220 valence electrons. The summed E-state index contributed by atoms with van der Waals surface area (Å²) in [5.74, 6) is 1.47. The number of anilines is 1. The Hall–Kier alpha value is -3.34. The fraction of sp³-hybridized carbons (Fsp3) is 0.500. The van der Waals surface area contributed by atoms with Crippen molar-refractivity contribution < 1.29 is 0 Å². The van der Waals surface area contributed by atoms with E-state index in [1.807, 2.05) is 55.5 Å². The lowest BCUT2D eigenvalue weighted by molar-refractivity contribution is 0.403. The van der Waals surface area contributed by atoms with E-state index in [0.29, 0.717) is 0 Å². The van der Waals surface area contributed by atoms with Crippen molar-refractivity contribution >= 4 is 28.4 Å². The molecular formula is C36H51N5. The maximum atomic E-state index is 4.63. The smallest absolute Gasteiger partial charge is 0.0887 e. The Morgan fingerprint density at radius 2 is 1.12 bits per heavy atom. The van der Waals surface area contributed by atoms with Crippen LogP contribution in [0.4, 0.5) is 28.4 Å². The summed E-state index contributed by atoms with van der Waals surface area (Å²) in [6.07, 6.45) is 10.3. The minimum Gasteiger partial charge on any atom is -0.371 e. The van der Waals surface area contributed by atoms with E-state index in [2.05, 4.69) is 78.2 Å². The SMILES string of the molecule is CCCCC(CC)CN(CC(CC)CCCC)c1ccc(N=Nc2ccc(N=Nc3ccccc3)c(C)c2)c(C)c1. The zero-order chi connectivity index (χ0) is 29.5. The average Bonchev–Trinajstić information content (AvgIpc) is 2.99. The van der Waals surface area contributed by atoms with Crippen LogP contribution >= 0.6 is 0 Å². The Morgan fingerprint density at radius 3 is 1.63 bits per heavy atom. The molecule has 0 saturated carbocycles. The van der Waals surface area contributed by atoms with Gasteiger partial charge in [0.2, 0.25) is 0 Å². The summed E-state index contributed by atoms with van der Waals surface area (Å²) >= 11 is 0. The molecule has 0 aliphatic rings. The summed E-state index contributed by atoms with van der Waals surface area (Å²) in [6, 6.07) is 22.4. The first kappa shape index (κ1) is 32.2. The molecule has 0 radical (unpaired) electrons. The Labute approximate surface area is 249 Å². The zero-order valence-electron chi connectivity index (χ0n) is 26.3. The van der Waals surface area contributed by atoms with E-state index >= 15 is 0 Å². The van der Waals surface area contributed by atoms with E-state index in [1.165, 1.54) is 57.1 Å². The maximum absolute atomic E-state index is 4.63. The third kappa shape index (κ3) is 10.5. The van der Waals surface area contributed by atoms with Crippen LogP contribution in [0, 0.1) is 25.7 Å². The Morgan fingerprint density at radius 1 is 0.585 bits per heavy atom. The van der Waals surface area contributed by atoms with Crippen molar-refractivity contribution in [3.63, 3.8) is 0 Å². The van der Waals surface area contributed by atoms with Crippen LogP contribution in [0.15, 0.2) is 87.2 Å². The fourth-order valence-electron chi connectivity index (χ4n) is 5.22. The van der Waals surface area contributed by atoms with Crippen LogP contribution in [0.2, 0.25) is 0 Å². The van der Waals surface area contributed by atoms with Crippen LogP contribution in [-0.4, -0.2) is 13.1 Å². The van der Waals surface area contributed by atoms with Crippen molar-refractivity contribution in [1.29, 1.82) is 0 Å². The van der Waals surface area contributed by atoms with Gasteiger partial charge in [-0.1, -0.05) is 84.4 Å². The molecule has 0 fully saturated rings. The van der Waals surface area contributed by atoms with Crippen LogP contribution in [0.5, 0.6) is 0 Å². The van der Waals surface area contributed by atoms with Gasteiger partial charge >= 0.3 is 0 Å². The largest absolute Gasteiger partial charge is 0.371 e. The standard InChI is InChI=1S/C36H51N5/c1-7-11-16-30(9-3)26-41(27-31(10-4)17-12-8-2)34-21-23-36(29(6)25-34)40-38-33-20-22-35(28(5)24-33)39-37-32-18-14-13-15-19-32/h13-15,18-25,30-31H,7-12,16-17,26-27H2,1-6H3. The maximum Gasteiger partial charge on any atom is 0.0887 e. The van der Waals surface area contributed by atoms with Crippen LogP contribution in [0.25, 0.3) is 0 Å². The molecule has 0 aromatic heterocycles. The first-order valence-electron chi connectivity index (χ1n) is 15.8. The van der Waals surface area contributed by atoms with E-state index < -0.39 is 0 Å². The zero-order valence-corrected chi connectivity index (χ0v) is 26.3. The van der Waals surface area contributed by atoms with Gasteiger partial charge in [0.05, 0.1) is 22.7 Å². The van der Waals surface area contributed by atoms with Gasteiger partial charge in [-0.3, -0.25) is 0 Å². The highest BCUT2D eigenvalue weighted by Gasteiger charge is 2.18. The predicted octanol–water partition coefficient (Wildman–Crippen LogP) is 12.4. The van der Waals surface area contributed by atoms with Gasteiger partial charge in [-0.2, -0.15) is 20.5 Å². The second-order valence-corrected chi connectivity index (χ2v) is 11.4. The quantitative estimate of drug-likeness (QED) is 0.153. The lowest BCUT2D eigenvalue weighted by Crippen LogP contribution is -2.34. The summed E-state index contributed by atoms with van der Waals surface area (Å²) in [7, 11) is 0. The second kappa shape index (κ2) is 17.5. The predicted molar refractivity (Wildman–Crippen MR) is 176 cm³/mol. The number of nitrogens with zero attached hydrogens (tertiary/aromatic N) is 5. The summed E-state index contributed by atoms with van der Waals surface area (Å²) in [4.78, 5) is 2.66. The van der Waals surface area contributed by atoms with Gasteiger partial charge in [-0.25, -0.2) is 0 Å². The molecule has 3 aromatic rings. The Bertz CT molecular complexity index is 1220. The molecule has 2 atom stereocenters. The monoisotopic (exact) mass is 553 g/mol. The van der Waals surface area contributed by atoms with Gasteiger partial charge in [0.1, 0.15) is 0 Å². The van der Waals surface area contributed by atoms with Crippen LogP contribution < -0.4 is 4.90 Å². The molecule has 5 nitrogen and oxygen atoms in total. The number of hydrogen-bond donors (Lipinski definition) is 0. The fourth-order valence-corrected chi connectivity index (χ4v) is 5.22. The molecule has 0 aliphatic carbocycles. The Kier molecular flexibility index (Phi) is 13.7. The normalized spacial score (nSPS) is 13.2. The number of azo groups is 2. The highest BCUT2D eigenvalue weighted by atomic mass is 15.1. The first-order chi connectivity index (χ1) is 20.0. The number of rotatable bonds is 17. The van der Waals surface area contributed by atoms with Gasteiger partial charge in [-0.05, 0) is 98.2 Å². The molecule has 0 saturated heterocycles. The number of hydrogen-bond acceptors (Lipinski definition) is 5. The van der Waals surface area contributed by atoms with E-state index in [4.69, 9.17) is 0 Å². The summed E-state index contributed by atoms with van der Waals surface area (Å²) in [5.41, 5.74) is 6.89.